The smallest absolute Gasteiger partial charge is 0.464 e. The number of nitrogens with zero attached hydrogens (tertiary/aromatic N) is 1. The van der Waals surface area contributed by atoms with E-state index in [1.807, 2.05) is 5.43 Å². The molecule has 1 heterocycles. The highest BCUT2D eigenvalue weighted by atomic mass is 19.3. The summed E-state index contributed by atoms with van der Waals surface area (Å²) in [6.45, 7) is -0.555. The Morgan fingerprint density at radius 1 is 1.11 bits per heavy atom. The van der Waals surface area contributed by atoms with E-state index in [1.165, 1.54) is 0 Å². The highest BCUT2D eigenvalue weighted by Crippen LogP contribution is 2.48. The van der Waals surface area contributed by atoms with Gasteiger partial charge in [-0.1, -0.05) is 0 Å². The predicted octanol–water partition coefficient (Wildman–Crippen LogP) is 1.94. The number of esters is 1. The molecule has 0 fully saturated rings. The van der Waals surface area contributed by atoms with Gasteiger partial charge in [-0.3, -0.25) is 10.2 Å². The van der Waals surface area contributed by atoms with Gasteiger partial charge < -0.3 is 18.9 Å². The van der Waals surface area contributed by atoms with Crippen LogP contribution in [0.3, 0.4) is 0 Å². The summed E-state index contributed by atoms with van der Waals surface area (Å²) in [5.41, 5.74) is 0.443. The highest BCUT2D eigenvalue weighted by Gasteiger charge is 2.66. The van der Waals surface area contributed by atoms with Gasteiger partial charge in [0.25, 0.3) is 0 Å². The normalized spacial score (nSPS) is 17.2. The first kappa shape index (κ1) is 20.4. The fraction of sp³-hybridized carbons (Fsp3) is 0.357. The lowest BCUT2D eigenvalue weighted by atomic mass is 10.2. The second kappa shape index (κ2) is 7.34. The van der Waals surface area contributed by atoms with Crippen molar-refractivity contribution < 1.29 is 50.5 Å². The summed E-state index contributed by atoms with van der Waals surface area (Å²) >= 11 is 0. The Labute approximate surface area is 147 Å². The largest absolute Gasteiger partial charge is 0.507 e. The minimum atomic E-state index is -5.01. The number of hydrazone groups is 1. The number of anilines is 1. The van der Waals surface area contributed by atoms with Gasteiger partial charge in [0.05, 0.1) is 12.8 Å². The van der Waals surface area contributed by atoms with E-state index in [2.05, 4.69) is 24.0 Å². The number of rotatable bonds is 6. The molecule has 0 radical (unpaired) electrons. The van der Waals surface area contributed by atoms with Gasteiger partial charge in [-0.25, -0.2) is 9.18 Å². The molecule has 1 aromatic carbocycles. The number of alkyl halides is 4. The number of halogens is 5. The summed E-state index contributed by atoms with van der Waals surface area (Å²) in [7, 11) is 2.11. The van der Waals surface area contributed by atoms with Crippen LogP contribution < -0.4 is 14.9 Å². The average molecular weight is 398 g/mol. The van der Waals surface area contributed by atoms with Crippen molar-refractivity contribution >= 4 is 23.2 Å². The molecule has 13 heteroatoms. The number of benzene rings is 1. The van der Waals surface area contributed by atoms with E-state index >= 15 is 0 Å². The average Bonchev–Trinajstić information content (AvgIpc) is 2.56. The number of fused-ring (bicyclic) bond motifs is 1. The van der Waals surface area contributed by atoms with E-state index in [9.17, 15) is 31.5 Å². The summed E-state index contributed by atoms with van der Waals surface area (Å²) < 4.78 is 83.0. The lowest BCUT2D eigenvalue weighted by Crippen LogP contribution is -2.52. The minimum Gasteiger partial charge on any atom is -0.464 e. The fourth-order valence-electron chi connectivity index (χ4n) is 1.81. The first-order chi connectivity index (χ1) is 12.5. The Morgan fingerprint density at radius 3 is 2.19 bits per heavy atom. The standard InChI is InChI=1S/C14H11F5N2O6/c1-24-5-8(22)11(12(23)25-2)21-20-7-4-10-9(3-6(7)15)26-13(16,17)14(18,19)27-10/h3-4,20H,5H2,1-2H3. The molecule has 0 amide bonds. The molecule has 1 N–H and O–H groups in total. The van der Waals surface area contributed by atoms with Crippen LogP contribution in [0.1, 0.15) is 0 Å². The lowest BCUT2D eigenvalue weighted by molar-refractivity contribution is -0.391. The third-order valence-electron chi connectivity index (χ3n) is 3.05. The van der Waals surface area contributed by atoms with Crippen molar-refractivity contribution in [1.82, 2.24) is 0 Å². The second-order valence-electron chi connectivity index (χ2n) is 4.94. The monoisotopic (exact) mass is 398 g/mol. The molecule has 0 spiro atoms. The highest BCUT2D eigenvalue weighted by molar-refractivity contribution is 6.64. The molecule has 0 atom stereocenters. The summed E-state index contributed by atoms with van der Waals surface area (Å²) in [6, 6.07) is 0.873. The summed E-state index contributed by atoms with van der Waals surface area (Å²) in [6.07, 6.45) is -10.0. The maximum atomic E-state index is 14.0. The van der Waals surface area contributed by atoms with Gasteiger partial charge in [0.1, 0.15) is 6.61 Å². The van der Waals surface area contributed by atoms with Gasteiger partial charge in [-0.05, 0) is 0 Å². The van der Waals surface area contributed by atoms with Crippen LogP contribution in [-0.4, -0.2) is 50.5 Å². The Bertz CT molecular complexity index is 798. The maximum Gasteiger partial charge on any atom is 0.507 e. The molecule has 148 valence electrons. The molecule has 0 bridgehead atoms. The van der Waals surface area contributed by atoms with Gasteiger partial charge >= 0.3 is 18.2 Å². The zero-order valence-electron chi connectivity index (χ0n) is 13.6. The molecule has 8 nitrogen and oxygen atoms in total. The van der Waals surface area contributed by atoms with Gasteiger partial charge in [0.2, 0.25) is 11.5 Å². The zero-order valence-corrected chi connectivity index (χ0v) is 13.6. The lowest BCUT2D eigenvalue weighted by Gasteiger charge is -2.32. The molecule has 1 aliphatic rings. The number of nitrogens with one attached hydrogen (secondary N) is 1. The van der Waals surface area contributed by atoms with E-state index in [0.29, 0.717) is 12.1 Å². The van der Waals surface area contributed by atoms with Crippen molar-refractivity contribution in [2.45, 2.75) is 12.2 Å². The predicted molar refractivity (Wildman–Crippen MR) is 77.5 cm³/mol. The van der Waals surface area contributed by atoms with Crippen LogP contribution in [0.4, 0.5) is 27.6 Å². The number of carbonyl (C=O) groups excluding carboxylic acids is 2. The van der Waals surface area contributed by atoms with Crippen LogP contribution in [0.2, 0.25) is 0 Å². The molecule has 0 aliphatic carbocycles. The Kier molecular flexibility index (Phi) is 5.54. The Balaban J connectivity index is 2.35. The fourth-order valence-corrected chi connectivity index (χ4v) is 1.81. The summed E-state index contributed by atoms with van der Waals surface area (Å²) in [5.74, 6) is -5.30. The van der Waals surface area contributed by atoms with Gasteiger partial charge in [0, 0.05) is 19.2 Å². The topological polar surface area (TPSA) is 95.5 Å². The molecule has 0 saturated heterocycles. The van der Waals surface area contributed by atoms with Crippen LogP contribution in [0.5, 0.6) is 11.5 Å². The molecule has 0 aromatic heterocycles. The Hall–Kier alpha value is -2.96. The molecule has 0 saturated carbocycles. The van der Waals surface area contributed by atoms with Crippen molar-refractivity contribution in [1.29, 1.82) is 0 Å². The quantitative estimate of drug-likeness (QED) is 0.257. The van der Waals surface area contributed by atoms with Crippen molar-refractivity contribution in [3.63, 3.8) is 0 Å². The number of Topliss-reactive ketones (excluding diaryl/α,β-unsaturated/α-hetero) is 1. The molecule has 27 heavy (non-hydrogen) atoms. The van der Waals surface area contributed by atoms with Crippen molar-refractivity contribution in [2.75, 3.05) is 26.3 Å². The van der Waals surface area contributed by atoms with Gasteiger partial charge in [-0.2, -0.15) is 22.7 Å². The number of hydrogen-bond donors (Lipinski definition) is 1. The Morgan fingerprint density at radius 2 is 1.67 bits per heavy atom. The van der Waals surface area contributed by atoms with Crippen molar-refractivity contribution in [2.24, 2.45) is 5.10 Å². The van der Waals surface area contributed by atoms with E-state index in [4.69, 9.17) is 0 Å². The van der Waals surface area contributed by atoms with Crippen LogP contribution in [0, 0.1) is 5.82 Å². The number of methoxy groups -OCH3 is 2. The third kappa shape index (κ3) is 4.07. The van der Waals surface area contributed by atoms with E-state index in [0.717, 1.165) is 14.2 Å². The first-order valence-electron chi connectivity index (χ1n) is 6.93. The van der Waals surface area contributed by atoms with Crippen molar-refractivity contribution in [3.05, 3.63) is 17.9 Å². The molecule has 0 unspecified atom stereocenters. The molecular formula is C14H11F5N2O6. The van der Waals surface area contributed by atoms with Crippen molar-refractivity contribution in [3.8, 4) is 11.5 Å². The van der Waals surface area contributed by atoms with Crippen LogP contribution >= 0.6 is 0 Å². The molecular weight excluding hydrogens is 387 g/mol. The number of ether oxygens (including phenoxy) is 4. The molecule has 1 aromatic rings. The van der Waals surface area contributed by atoms with E-state index in [-0.39, 0.29) is 0 Å². The van der Waals surface area contributed by atoms with Crippen LogP contribution in [0.15, 0.2) is 17.2 Å². The van der Waals surface area contributed by atoms with E-state index in [1.54, 1.807) is 0 Å². The first-order valence-corrected chi connectivity index (χ1v) is 6.93. The maximum absolute atomic E-state index is 14.0. The molecule has 1 aliphatic heterocycles. The summed E-state index contributed by atoms with van der Waals surface area (Å²) in [4.78, 5) is 23.3. The number of ketones is 1. The van der Waals surface area contributed by atoms with Crippen LogP contribution in [0.25, 0.3) is 0 Å². The van der Waals surface area contributed by atoms with E-state index < -0.39 is 59.3 Å². The summed E-state index contributed by atoms with van der Waals surface area (Å²) in [5, 5.41) is 3.35. The third-order valence-corrected chi connectivity index (χ3v) is 3.05. The second-order valence-corrected chi connectivity index (χ2v) is 4.94. The SMILES string of the molecule is COCC(=O)C(=NNc1cc2c(cc1F)OC(F)(F)C(F)(F)O2)C(=O)OC. The van der Waals surface area contributed by atoms with Gasteiger partial charge in [-0.15, -0.1) is 0 Å². The minimum absolute atomic E-state index is 0.338. The zero-order chi connectivity index (χ0) is 20.4. The number of carbonyl (C=O) groups is 2. The number of hydrogen-bond acceptors (Lipinski definition) is 8. The van der Waals surface area contributed by atoms with Gasteiger partial charge in [0.15, 0.2) is 17.3 Å². The molecule has 2 rings (SSSR count). The van der Waals surface area contributed by atoms with Crippen LogP contribution in [-0.2, 0) is 19.1 Å².